The molecule has 0 saturated heterocycles. The third-order valence-corrected chi connectivity index (χ3v) is 1.93. The normalized spacial score (nSPS) is 10.3. The van der Waals surface area contributed by atoms with Gasteiger partial charge in [0.2, 0.25) is 0 Å². The van der Waals surface area contributed by atoms with E-state index in [0.29, 0.717) is 5.56 Å². The molecule has 1 rings (SSSR count). The summed E-state index contributed by atoms with van der Waals surface area (Å²) < 4.78 is 18.2. The Labute approximate surface area is 80.9 Å². The van der Waals surface area contributed by atoms with Crippen molar-refractivity contribution in [3.05, 3.63) is 23.0 Å². The third kappa shape index (κ3) is 1.78. The second-order valence-corrected chi connectivity index (χ2v) is 2.88. The molecule has 0 aliphatic carbocycles. The van der Waals surface area contributed by atoms with Gasteiger partial charge in [-0.15, -0.1) is 0 Å². The van der Waals surface area contributed by atoms with E-state index < -0.39 is 11.6 Å². The van der Waals surface area contributed by atoms with Gasteiger partial charge in [0.1, 0.15) is 0 Å². The van der Waals surface area contributed by atoms with Crippen molar-refractivity contribution in [1.82, 2.24) is 5.48 Å². The lowest BCUT2D eigenvalue weighted by Crippen LogP contribution is -2.08. The molecule has 0 aliphatic rings. The number of hydrogen-bond donors (Lipinski definition) is 3. The summed E-state index contributed by atoms with van der Waals surface area (Å²) in [5.74, 6) is -1.20. The minimum absolute atomic E-state index is 0.0653. The maximum Gasteiger partial charge on any atom is 0.194 e. The standard InChI is InChI=1S/C9H12FNO3/c1-5-3-6(4-11-13)7(10)8(12)9(5)14-2/h3,11-13H,4H2,1-2H3. The van der Waals surface area contributed by atoms with E-state index in [1.807, 2.05) is 5.48 Å². The molecule has 0 atom stereocenters. The van der Waals surface area contributed by atoms with Gasteiger partial charge in [-0.05, 0) is 18.6 Å². The zero-order valence-corrected chi connectivity index (χ0v) is 7.97. The van der Waals surface area contributed by atoms with Crippen molar-refractivity contribution in [3.63, 3.8) is 0 Å². The van der Waals surface area contributed by atoms with Gasteiger partial charge in [0.25, 0.3) is 0 Å². The topological polar surface area (TPSA) is 61.7 Å². The maximum atomic E-state index is 13.3. The van der Waals surface area contributed by atoms with Crippen LogP contribution in [0.15, 0.2) is 6.07 Å². The summed E-state index contributed by atoms with van der Waals surface area (Å²) in [5.41, 5.74) is 2.62. The molecule has 1 aromatic rings. The van der Waals surface area contributed by atoms with Gasteiger partial charge in [0.05, 0.1) is 7.11 Å². The van der Waals surface area contributed by atoms with E-state index in [9.17, 15) is 9.50 Å². The number of phenolic OH excluding ortho intramolecular Hbond substituents is 1. The highest BCUT2D eigenvalue weighted by molar-refractivity contribution is 5.49. The van der Waals surface area contributed by atoms with Crippen LogP contribution in [0.5, 0.6) is 11.5 Å². The summed E-state index contributed by atoms with van der Waals surface area (Å²) in [5, 5.41) is 17.8. The fraction of sp³-hybridized carbons (Fsp3) is 0.333. The number of hydroxylamine groups is 1. The third-order valence-electron chi connectivity index (χ3n) is 1.93. The number of rotatable bonds is 3. The molecule has 0 radical (unpaired) electrons. The predicted molar refractivity (Wildman–Crippen MR) is 48.0 cm³/mol. The molecule has 0 aliphatic heterocycles. The van der Waals surface area contributed by atoms with E-state index in [0.717, 1.165) is 0 Å². The number of methoxy groups -OCH3 is 1. The lowest BCUT2D eigenvalue weighted by molar-refractivity contribution is 0.159. The average Bonchev–Trinajstić information content (AvgIpc) is 2.15. The minimum Gasteiger partial charge on any atom is -0.502 e. The summed E-state index contributed by atoms with van der Waals surface area (Å²) in [6.45, 7) is 1.61. The summed E-state index contributed by atoms with van der Waals surface area (Å²) in [6.07, 6.45) is 0. The first-order valence-corrected chi connectivity index (χ1v) is 4.03. The lowest BCUT2D eigenvalue weighted by Gasteiger charge is -2.11. The lowest BCUT2D eigenvalue weighted by atomic mass is 10.1. The summed E-state index contributed by atoms with van der Waals surface area (Å²) in [4.78, 5) is 0. The minimum atomic E-state index is -0.783. The monoisotopic (exact) mass is 201 g/mol. The maximum absolute atomic E-state index is 13.3. The van der Waals surface area contributed by atoms with E-state index in [1.54, 1.807) is 6.92 Å². The zero-order chi connectivity index (χ0) is 10.7. The van der Waals surface area contributed by atoms with Gasteiger partial charge in [0.15, 0.2) is 17.3 Å². The molecule has 3 N–H and O–H groups in total. The van der Waals surface area contributed by atoms with E-state index in [4.69, 9.17) is 9.94 Å². The van der Waals surface area contributed by atoms with Gasteiger partial charge >= 0.3 is 0 Å². The van der Waals surface area contributed by atoms with E-state index in [-0.39, 0.29) is 17.9 Å². The molecule has 0 unspecified atom stereocenters. The number of phenols is 1. The number of halogens is 1. The van der Waals surface area contributed by atoms with Crippen LogP contribution in [0.3, 0.4) is 0 Å². The molecule has 0 fully saturated rings. The Morgan fingerprint density at radius 1 is 1.57 bits per heavy atom. The Morgan fingerprint density at radius 2 is 2.21 bits per heavy atom. The number of benzene rings is 1. The van der Waals surface area contributed by atoms with Crippen molar-refractivity contribution in [3.8, 4) is 11.5 Å². The Kier molecular flexibility index (Phi) is 3.27. The quantitative estimate of drug-likeness (QED) is 0.645. The van der Waals surface area contributed by atoms with Crippen LogP contribution in [0.2, 0.25) is 0 Å². The van der Waals surface area contributed by atoms with Gasteiger partial charge in [-0.1, -0.05) is 0 Å². The van der Waals surface area contributed by atoms with E-state index in [2.05, 4.69) is 0 Å². The zero-order valence-electron chi connectivity index (χ0n) is 7.97. The number of hydrogen-bond acceptors (Lipinski definition) is 4. The number of nitrogens with one attached hydrogen (secondary N) is 1. The summed E-state index contributed by atoms with van der Waals surface area (Å²) >= 11 is 0. The van der Waals surface area contributed by atoms with Gasteiger partial charge in [0, 0.05) is 12.1 Å². The molecule has 0 spiro atoms. The molecular formula is C9H12FNO3. The molecule has 14 heavy (non-hydrogen) atoms. The van der Waals surface area contributed by atoms with Crippen LogP contribution in [0.4, 0.5) is 4.39 Å². The molecule has 0 amide bonds. The highest BCUT2D eigenvalue weighted by atomic mass is 19.1. The Morgan fingerprint density at radius 3 is 2.71 bits per heavy atom. The molecule has 0 heterocycles. The first kappa shape index (κ1) is 10.7. The van der Waals surface area contributed by atoms with Crippen molar-refractivity contribution in [1.29, 1.82) is 0 Å². The highest BCUT2D eigenvalue weighted by Gasteiger charge is 2.15. The summed E-state index contributed by atoms with van der Waals surface area (Å²) in [6, 6.07) is 1.50. The molecule has 1 aromatic carbocycles. The fourth-order valence-corrected chi connectivity index (χ4v) is 1.30. The Hall–Kier alpha value is -1.33. The van der Waals surface area contributed by atoms with Gasteiger partial charge < -0.3 is 15.1 Å². The van der Waals surface area contributed by atoms with Crippen LogP contribution in [-0.2, 0) is 6.54 Å². The van der Waals surface area contributed by atoms with Crippen LogP contribution in [0.1, 0.15) is 11.1 Å². The Bertz CT molecular complexity index is 341. The number of aryl methyl sites for hydroxylation is 1. The first-order valence-electron chi connectivity index (χ1n) is 4.03. The molecule has 0 bridgehead atoms. The highest BCUT2D eigenvalue weighted by Crippen LogP contribution is 2.34. The van der Waals surface area contributed by atoms with Crippen LogP contribution < -0.4 is 10.2 Å². The second-order valence-electron chi connectivity index (χ2n) is 2.88. The second kappa shape index (κ2) is 4.26. The fourth-order valence-electron chi connectivity index (χ4n) is 1.30. The summed E-state index contributed by atoms with van der Waals surface area (Å²) in [7, 11) is 1.35. The Balaban J connectivity index is 3.25. The van der Waals surface area contributed by atoms with Crippen molar-refractivity contribution in [2.75, 3.05) is 7.11 Å². The van der Waals surface area contributed by atoms with Crippen molar-refractivity contribution < 1.29 is 19.4 Å². The molecule has 5 heteroatoms. The van der Waals surface area contributed by atoms with Crippen LogP contribution in [-0.4, -0.2) is 17.4 Å². The molecular weight excluding hydrogens is 189 g/mol. The predicted octanol–water partition coefficient (Wildman–Crippen LogP) is 1.33. The molecule has 4 nitrogen and oxygen atoms in total. The van der Waals surface area contributed by atoms with Gasteiger partial charge in [-0.2, -0.15) is 0 Å². The molecule has 0 aromatic heterocycles. The van der Waals surface area contributed by atoms with E-state index in [1.165, 1.54) is 13.2 Å². The SMILES string of the molecule is COc1c(C)cc(CNO)c(F)c1O. The average molecular weight is 201 g/mol. The van der Waals surface area contributed by atoms with Crippen LogP contribution in [0.25, 0.3) is 0 Å². The largest absolute Gasteiger partial charge is 0.502 e. The number of aromatic hydroxyl groups is 1. The van der Waals surface area contributed by atoms with Crippen LogP contribution in [0, 0.1) is 12.7 Å². The van der Waals surface area contributed by atoms with Crippen molar-refractivity contribution in [2.24, 2.45) is 0 Å². The number of ether oxygens (including phenoxy) is 1. The van der Waals surface area contributed by atoms with Gasteiger partial charge in [-0.25, -0.2) is 9.87 Å². The first-order chi connectivity index (χ1) is 6.61. The van der Waals surface area contributed by atoms with Crippen molar-refractivity contribution in [2.45, 2.75) is 13.5 Å². The smallest absolute Gasteiger partial charge is 0.194 e. The molecule has 0 saturated carbocycles. The van der Waals surface area contributed by atoms with E-state index >= 15 is 0 Å². The van der Waals surface area contributed by atoms with Crippen molar-refractivity contribution >= 4 is 0 Å². The molecule has 78 valence electrons. The van der Waals surface area contributed by atoms with Crippen LogP contribution >= 0.6 is 0 Å². The van der Waals surface area contributed by atoms with Gasteiger partial charge in [-0.3, -0.25) is 0 Å².